The third kappa shape index (κ3) is 2.55. The second-order valence-corrected chi connectivity index (χ2v) is 3.29. The van der Waals surface area contributed by atoms with E-state index in [-0.39, 0.29) is 5.78 Å². The molecule has 0 spiro atoms. The van der Waals surface area contributed by atoms with E-state index < -0.39 is 0 Å². The van der Waals surface area contributed by atoms with Crippen LogP contribution in [0.4, 0.5) is 0 Å². The van der Waals surface area contributed by atoms with E-state index in [1.165, 1.54) is 5.56 Å². The Labute approximate surface area is 79.1 Å². The van der Waals surface area contributed by atoms with Crippen LogP contribution in [0.5, 0.6) is 0 Å². The Balaban J connectivity index is 3.05. The first-order valence-electron chi connectivity index (χ1n) is 4.35. The van der Waals surface area contributed by atoms with Crippen molar-refractivity contribution in [1.29, 1.82) is 0 Å². The molecule has 1 rings (SSSR count). The van der Waals surface area contributed by atoms with Gasteiger partial charge in [0.15, 0.2) is 0 Å². The highest BCUT2D eigenvalue weighted by molar-refractivity contribution is 5.79. The number of carbonyl (C=O) groups excluding carboxylic acids is 1. The summed E-state index contributed by atoms with van der Waals surface area (Å²) < 4.78 is 0. The van der Waals surface area contributed by atoms with Crippen LogP contribution < -0.4 is 0 Å². The van der Waals surface area contributed by atoms with E-state index in [9.17, 15) is 4.79 Å². The van der Waals surface area contributed by atoms with Gasteiger partial charge in [0, 0.05) is 6.42 Å². The molecule has 0 saturated carbocycles. The van der Waals surface area contributed by atoms with Gasteiger partial charge in [-0.05, 0) is 25.0 Å². The molecule has 0 aliphatic carbocycles. The smallest absolute Gasteiger partial charge is 0.134 e. The average molecular weight is 174 g/mol. The fourth-order valence-corrected chi connectivity index (χ4v) is 1.33. The normalized spacial score (nSPS) is 9.69. The van der Waals surface area contributed by atoms with Crippen LogP contribution in [0, 0.1) is 6.92 Å². The molecule has 0 heterocycles. The summed E-state index contributed by atoms with van der Waals surface area (Å²) in [7, 11) is 0. The number of hydrogen-bond acceptors (Lipinski definition) is 1. The lowest BCUT2D eigenvalue weighted by atomic mass is 10.0. The van der Waals surface area contributed by atoms with Gasteiger partial charge in [0.2, 0.25) is 0 Å². The quantitative estimate of drug-likeness (QED) is 0.688. The van der Waals surface area contributed by atoms with Crippen molar-refractivity contribution in [3.63, 3.8) is 0 Å². The van der Waals surface area contributed by atoms with Gasteiger partial charge < -0.3 is 0 Å². The Bertz CT molecular complexity index is 337. The van der Waals surface area contributed by atoms with Gasteiger partial charge in [0.05, 0.1) is 0 Å². The van der Waals surface area contributed by atoms with Crippen LogP contribution in [0.25, 0.3) is 6.08 Å². The number of carbonyl (C=O) groups is 1. The van der Waals surface area contributed by atoms with Crippen LogP contribution in [0.3, 0.4) is 0 Å². The third-order valence-electron chi connectivity index (χ3n) is 1.96. The summed E-state index contributed by atoms with van der Waals surface area (Å²) in [5.74, 6) is 0.187. The lowest BCUT2D eigenvalue weighted by Crippen LogP contribution is -1.98. The Morgan fingerprint density at radius 3 is 2.77 bits per heavy atom. The van der Waals surface area contributed by atoms with E-state index in [1.54, 1.807) is 13.0 Å². The molecule has 0 amide bonds. The minimum Gasteiger partial charge on any atom is -0.300 e. The number of aryl methyl sites for hydroxylation is 1. The summed E-state index contributed by atoms with van der Waals surface area (Å²) in [6.45, 7) is 7.36. The topological polar surface area (TPSA) is 17.1 Å². The molecule has 1 nitrogen and oxygen atoms in total. The summed E-state index contributed by atoms with van der Waals surface area (Å²) in [5.41, 5.74) is 3.32. The van der Waals surface area contributed by atoms with Gasteiger partial charge in [-0.25, -0.2) is 0 Å². The predicted molar refractivity (Wildman–Crippen MR) is 55.7 cm³/mol. The molecule has 0 aromatic heterocycles. The summed E-state index contributed by atoms with van der Waals surface area (Å²) in [4.78, 5) is 10.9. The van der Waals surface area contributed by atoms with E-state index in [0.717, 1.165) is 11.1 Å². The molecular weight excluding hydrogens is 160 g/mol. The summed E-state index contributed by atoms with van der Waals surface area (Å²) in [5, 5.41) is 0. The van der Waals surface area contributed by atoms with Gasteiger partial charge in [0.1, 0.15) is 5.78 Å². The monoisotopic (exact) mass is 174 g/mol. The number of hydrogen-bond donors (Lipinski definition) is 0. The van der Waals surface area contributed by atoms with Crippen molar-refractivity contribution in [3.8, 4) is 0 Å². The maximum Gasteiger partial charge on any atom is 0.134 e. The van der Waals surface area contributed by atoms with Crippen molar-refractivity contribution in [3.05, 3.63) is 41.5 Å². The van der Waals surface area contributed by atoms with E-state index in [0.29, 0.717) is 6.42 Å². The number of ketones is 1. The molecule has 68 valence electrons. The van der Waals surface area contributed by atoms with Crippen molar-refractivity contribution in [2.24, 2.45) is 0 Å². The Morgan fingerprint density at radius 1 is 1.54 bits per heavy atom. The van der Waals surface area contributed by atoms with Crippen LogP contribution in [-0.4, -0.2) is 5.78 Å². The van der Waals surface area contributed by atoms with Crippen molar-refractivity contribution < 1.29 is 4.79 Å². The lowest BCUT2D eigenvalue weighted by molar-refractivity contribution is -0.116. The maximum atomic E-state index is 10.9. The largest absolute Gasteiger partial charge is 0.300 e. The molecule has 0 fully saturated rings. The molecule has 0 aliphatic heterocycles. The van der Waals surface area contributed by atoms with Crippen LogP contribution in [0.15, 0.2) is 24.8 Å². The van der Waals surface area contributed by atoms with Gasteiger partial charge in [0.25, 0.3) is 0 Å². The molecule has 1 aromatic carbocycles. The van der Waals surface area contributed by atoms with E-state index in [4.69, 9.17) is 0 Å². The molecule has 0 saturated heterocycles. The molecule has 0 unspecified atom stereocenters. The summed E-state index contributed by atoms with van der Waals surface area (Å²) >= 11 is 0. The molecule has 1 heteroatoms. The molecule has 0 N–H and O–H groups in total. The van der Waals surface area contributed by atoms with Gasteiger partial charge in [-0.15, -0.1) is 0 Å². The second kappa shape index (κ2) is 4.04. The van der Waals surface area contributed by atoms with Crippen molar-refractivity contribution in [2.45, 2.75) is 20.3 Å². The zero-order valence-electron chi connectivity index (χ0n) is 8.13. The number of rotatable bonds is 3. The fourth-order valence-electron chi connectivity index (χ4n) is 1.33. The highest BCUT2D eigenvalue weighted by Crippen LogP contribution is 2.13. The minimum absolute atomic E-state index is 0.187. The lowest BCUT2D eigenvalue weighted by Gasteiger charge is -2.04. The summed E-state index contributed by atoms with van der Waals surface area (Å²) in [6, 6.07) is 6.06. The Hall–Kier alpha value is -1.37. The highest BCUT2D eigenvalue weighted by Gasteiger charge is 2.01. The Morgan fingerprint density at radius 2 is 2.23 bits per heavy atom. The zero-order valence-corrected chi connectivity index (χ0v) is 8.13. The first-order chi connectivity index (χ1) is 6.13. The third-order valence-corrected chi connectivity index (χ3v) is 1.96. The average Bonchev–Trinajstić information content (AvgIpc) is 2.07. The second-order valence-electron chi connectivity index (χ2n) is 3.29. The molecular formula is C12H14O. The van der Waals surface area contributed by atoms with E-state index >= 15 is 0 Å². The molecule has 1 aromatic rings. The molecule has 0 atom stereocenters. The maximum absolute atomic E-state index is 10.9. The standard InChI is InChI=1S/C12H14O/c1-4-11-7-9(2)5-6-12(11)8-10(3)13/h4-7H,1,8H2,2-3H3. The van der Waals surface area contributed by atoms with Gasteiger partial charge in [-0.2, -0.15) is 0 Å². The fraction of sp³-hybridized carbons (Fsp3) is 0.250. The first kappa shape index (κ1) is 9.72. The van der Waals surface area contributed by atoms with Gasteiger partial charge >= 0.3 is 0 Å². The molecule has 13 heavy (non-hydrogen) atoms. The summed E-state index contributed by atoms with van der Waals surface area (Å²) in [6.07, 6.45) is 2.30. The zero-order chi connectivity index (χ0) is 9.84. The van der Waals surface area contributed by atoms with Crippen LogP contribution in [0.2, 0.25) is 0 Å². The Kier molecular flexibility index (Phi) is 3.02. The molecule has 0 radical (unpaired) electrons. The number of benzene rings is 1. The van der Waals surface area contributed by atoms with E-state index in [2.05, 4.69) is 6.58 Å². The highest BCUT2D eigenvalue weighted by atomic mass is 16.1. The van der Waals surface area contributed by atoms with Gasteiger partial charge in [-0.1, -0.05) is 36.4 Å². The van der Waals surface area contributed by atoms with Crippen LogP contribution in [-0.2, 0) is 11.2 Å². The van der Waals surface area contributed by atoms with Crippen LogP contribution in [0.1, 0.15) is 23.6 Å². The minimum atomic E-state index is 0.187. The van der Waals surface area contributed by atoms with Crippen LogP contribution >= 0.6 is 0 Å². The number of Topliss-reactive ketones (excluding diaryl/α,β-unsaturated/α-hetero) is 1. The van der Waals surface area contributed by atoms with Crippen molar-refractivity contribution in [2.75, 3.05) is 0 Å². The van der Waals surface area contributed by atoms with Crippen molar-refractivity contribution in [1.82, 2.24) is 0 Å². The van der Waals surface area contributed by atoms with E-state index in [1.807, 2.05) is 25.1 Å². The molecule has 0 bridgehead atoms. The molecule has 0 aliphatic rings. The SMILES string of the molecule is C=Cc1cc(C)ccc1CC(C)=O. The van der Waals surface area contributed by atoms with Gasteiger partial charge in [-0.3, -0.25) is 4.79 Å². The van der Waals surface area contributed by atoms with Crippen molar-refractivity contribution >= 4 is 11.9 Å². The predicted octanol–water partition coefficient (Wildman–Crippen LogP) is 2.77. The first-order valence-corrected chi connectivity index (χ1v) is 4.35.